The number of halogens is 2. The number of pyridine rings is 1. The fraction of sp³-hybridized carbons (Fsp3) is 0.364. The highest BCUT2D eigenvalue weighted by molar-refractivity contribution is 14.1. The van der Waals surface area contributed by atoms with Gasteiger partial charge in [-0.2, -0.15) is 4.98 Å². The van der Waals surface area contributed by atoms with Crippen LogP contribution in [0.25, 0.3) is 11.0 Å². The summed E-state index contributed by atoms with van der Waals surface area (Å²) in [5, 5.41) is 3.96. The van der Waals surface area contributed by atoms with Gasteiger partial charge >= 0.3 is 0 Å². The van der Waals surface area contributed by atoms with Gasteiger partial charge in [0.1, 0.15) is 5.65 Å². The SMILES string of the molecule is CC(=O)c1cc2c(C)nc(Nc3ccc(N4CCN(CI)CC4)cc3)nc2n(CI)c1=O. The normalized spacial score (nSPS) is 14.7. The van der Waals surface area contributed by atoms with E-state index in [0.29, 0.717) is 27.2 Å². The minimum atomic E-state index is -0.324. The summed E-state index contributed by atoms with van der Waals surface area (Å²) in [7, 11) is 0. The number of nitrogens with zero attached hydrogens (tertiary/aromatic N) is 5. The van der Waals surface area contributed by atoms with E-state index < -0.39 is 0 Å². The average Bonchev–Trinajstić information content (AvgIpc) is 2.79. The number of carbonyl (C=O) groups excluding carboxylic acids is 1. The maximum Gasteiger partial charge on any atom is 0.263 e. The lowest BCUT2D eigenvalue weighted by Crippen LogP contribution is -2.45. The summed E-state index contributed by atoms with van der Waals surface area (Å²) < 4.78 is 2.98. The lowest BCUT2D eigenvalue weighted by atomic mass is 10.1. The molecule has 10 heteroatoms. The van der Waals surface area contributed by atoms with Crippen molar-refractivity contribution in [2.45, 2.75) is 18.4 Å². The van der Waals surface area contributed by atoms with Gasteiger partial charge in [0.2, 0.25) is 5.95 Å². The third kappa shape index (κ3) is 4.76. The van der Waals surface area contributed by atoms with Crippen molar-refractivity contribution in [2.24, 2.45) is 0 Å². The number of carbonyl (C=O) groups is 1. The number of alkyl halides is 2. The van der Waals surface area contributed by atoms with Crippen molar-refractivity contribution in [1.82, 2.24) is 19.4 Å². The zero-order valence-corrected chi connectivity index (χ0v) is 22.3. The Hall–Kier alpha value is -1.80. The van der Waals surface area contributed by atoms with Gasteiger partial charge in [0.15, 0.2) is 5.78 Å². The molecule has 8 nitrogen and oxygen atoms in total. The van der Waals surface area contributed by atoms with Crippen molar-refractivity contribution >= 4 is 79.3 Å². The van der Waals surface area contributed by atoms with Crippen LogP contribution in [-0.4, -0.2) is 55.9 Å². The number of nitrogens with one attached hydrogen (secondary N) is 1. The van der Waals surface area contributed by atoms with E-state index in [4.69, 9.17) is 0 Å². The first-order chi connectivity index (χ1) is 15.4. The molecule has 0 atom stereocenters. The van der Waals surface area contributed by atoms with Gasteiger partial charge in [-0.3, -0.25) is 19.1 Å². The lowest BCUT2D eigenvalue weighted by Gasteiger charge is -2.35. The van der Waals surface area contributed by atoms with E-state index in [1.165, 1.54) is 17.2 Å². The molecule has 3 heterocycles. The van der Waals surface area contributed by atoms with Crippen LogP contribution in [0.5, 0.6) is 0 Å². The molecular formula is C22H24I2N6O2. The minimum Gasteiger partial charge on any atom is -0.369 e. The first-order valence-corrected chi connectivity index (χ1v) is 13.4. The Bertz CT molecular complexity index is 1200. The summed E-state index contributed by atoms with van der Waals surface area (Å²) in [5.74, 6) is 0.167. The zero-order chi connectivity index (χ0) is 22.8. The number of rotatable bonds is 6. The van der Waals surface area contributed by atoms with E-state index in [2.05, 4.69) is 82.4 Å². The topological polar surface area (TPSA) is 83.4 Å². The predicted molar refractivity (Wildman–Crippen MR) is 145 cm³/mol. The molecule has 1 aromatic carbocycles. The van der Waals surface area contributed by atoms with E-state index in [9.17, 15) is 9.59 Å². The summed E-state index contributed by atoms with van der Waals surface area (Å²) in [4.78, 5) is 38.6. The molecular weight excluding hydrogens is 634 g/mol. The molecule has 1 saturated heterocycles. The number of aryl methyl sites for hydroxylation is 1. The van der Waals surface area contributed by atoms with Crippen LogP contribution in [-0.2, 0) is 4.55 Å². The summed E-state index contributed by atoms with van der Waals surface area (Å²) in [5.41, 5.74) is 3.15. The van der Waals surface area contributed by atoms with E-state index in [-0.39, 0.29) is 16.9 Å². The number of anilines is 3. The van der Waals surface area contributed by atoms with Crippen LogP contribution in [0, 0.1) is 6.92 Å². The molecule has 0 spiro atoms. The average molecular weight is 658 g/mol. The highest BCUT2D eigenvalue weighted by Gasteiger charge is 2.17. The largest absolute Gasteiger partial charge is 0.369 e. The summed E-state index contributed by atoms with van der Waals surface area (Å²) >= 11 is 4.52. The van der Waals surface area contributed by atoms with Crippen molar-refractivity contribution in [3.05, 3.63) is 51.9 Å². The number of hydrogen-bond acceptors (Lipinski definition) is 7. The molecule has 0 unspecified atom stereocenters. The smallest absolute Gasteiger partial charge is 0.263 e. The van der Waals surface area contributed by atoms with E-state index in [1.54, 1.807) is 6.07 Å². The maximum absolute atomic E-state index is 12.7. The second-order valence-corrected chi connectivity index (χ2v) is 9.10. The first kappa shape index (κ1) is 23.4. The molecule has 0 radical (unpaired) electrons. The van der Waals surface area contributed by atoms with Crippen molar-refractivity contribution in [3.63, 3.8) is 0 Å². The predicted octanol–water partition coefficient (Wildman–Crippen LogP) is 3.95. The molecule has 0 bridgehead atoms. The molecule has 32 heavy (non-hydrogen) atoms. The number of hydrogen-bond donors (Lipinski definition) is 1. The van der Waals surface area contributed by atoms with Crippen LogP contribution in [0.3, 0.4) is 0 Å². The van der Waals surface area contributed by atoms with Crippen molar-refractivity contribution in [2.75, 3.05) is 40.9 Å². The summed E-state index contributed by atoms with van der Waals surface area (Å²) in [6.07, 6.45) is 0. The molecule has 1 fully saturated rings. The Morgan fingerprint density at radius 1 is 1.06 bits per heavy atom. The lowest BCUT2D eigenvalue weighted by molar-refractivity contribution is 0.101. The Morgan fingerprint density at radius 3 is 2.34 bits per heavy atom. The Kier molecular flexibility index (Phi) is 7.30. The van der Waals surface area contributed by atoms with E-state index in [0.717, 1.165) is 36.4 Å². The molecule has 0 saturated carbocycles. The van der Waals surface area contributed by atoms with Crippen LogP contribution in [0.1, 0.15) is 23.0 Å². The molecule has 2 aromatic heterocycles. The molecule has 1 aliphatic rings. The quantitative estimate of drug-likeness (QED) is 0.186. The van der Waals surface area contributed by atoms with E-state index >= 15 is 0 Å². The molecule has 0 amide bonds. The summed E-state index contributed by atoms with van der Waals surface area (Å²) in [6.45, 7) is 7.48. The number of benzene rings is 1. The van der Waals surface area contributed by atoms with Crippen LogP contribution in [0.15, 0.2) is 35.1 Å². The molecule has 3 aromatic rings. The molecule has 1 N–H and O–H groups in total. The van der Waals surface area contributed by atoms with Gasteiger partial charge in [0, 0.05) is 42.9 Å². The first-order valence-electron chi connectivity index (χ1n) is 10.3. The Balaban J connectivity index is 1.60. The van der Waals surface area contributed by atoms with E-state index in [1.807, 2.05) is 19.1 Å². The van der Waals surface area contributed by atoms with Gasteiger partial charge in [-0.05, 0) is 44.2 Å². The molecule has 4 rings (SSSR count). The minimum absolute atomic E-state index is 0.163. The summed E-state index contributed by atoms with van der Waals surface area (Å²) in [6, 6.07) is 9.86. The molecule has 1 aliphatic heterocycles. The third-order valence-electron chi connectivity index (χ3n) is 5.66. The van der Waals surface area contributed by atoms with Gasteiger partial charge in [-0.25, -0.2) is 4.98 Å². The molecule has 0 aliphatic carbocycles. The van der Waals surface area contributed by atoms with Crippen LogP contribution < -0.4 is 15.8 Å². The standard InChI is InChI=1S/C22H24I2N6O2/c1-14-18-11-19(15(2)31)21(32)30(13-24)20(18)27-22(25-14)26-16-3-5-17(6-4-16)29-9-7-28(12-23)8-10-29/h3-6,11H,7-10,12-13H2,1-2H3,(H,25,26,27). The number of piperazine rings is 1. The number of fused-ring (bicyclic) bond motifs is 1. The zero-order valence-electron chi connectivity index (χ0n) is 17.9. The second-order valence-electron chi connectivity index (χ2n) is 7.73. The van der Waals surface area contributed by atoms with Crippen molar-refractivity contribution in [3.8, 4) is 0 Å². The van der Waals surface area contributed by atoms with Gasteiger partial charge in [-0.1, -0.05) is 45.2 Å². The van der Waals surface area contributed by atoms with Crippen molar-refractivity contribution < 1.29 is 4.79 Å². The fourth-order valence-electron chi connectivity index (χ4n) is 3.82. The highest BCUT2D eigenvalue weighted by Crippen LogP contribution is 2.23. The van der Waals surface area contributed by atoms with Crippen LogP contribution >= 0.6 is 45.2 Å². The number of Topliss-reactive ketones (excluding diaryl/α,β-unsaturated/α-hetero) is 1. The van der Waals surface area contributed by atoms with Crippen molar-refractivity contribution in [1.29, 1.82) is 0 Å². The molecule has 168 valence electrons. The Labute approximate surface area is 213 Å². The van der Waals surface area contributed by atoms with Crippen LogP contribution in [0.4, 0.5) is 17.3 Å². The number of aromatic nitrogens is 3. The maximum atomic E-state index is 12.7. The van der Waals surface area contributed by atoms with Gasteiger partial charge in [0.05, 0.1) is 20.4 Å². The second kappa shape index (κ2) is 10.00. The van der Waals surface area contributed by atoms with Gasteiger partial charge in [-0.15, -0.1) is 0 Å². The number of ketones is 1. The third-order valence-corrected chi connectivity index (χ3v) is 7.31. The van der Waals surface area contributed by atoms with Gasteiger partial charge in [0.25, 0.3) is 5.56 Å². The monoisotopic (exact) mass is 658 g/mol. The highest BCUT2D eigenvalue weighted by atomic mass is 127. The Morgan fingerprint density at radius 2 is 1.75 bits per heavy atom. The van der Waals surface area contributed by atoms with Gasteiger partial charge < -0.3 is 10.2 Å². The fourth-order valence-corrected chi connectivity index (χ4v) is 5.13. The van der Waals surface area contributed by atoms with Crippen LogP contribution in [0.2, 0.25) is 0 Å².